The first-order chi connectivity index (χ1) is 20.9. The van der Waals surface area contributed by atoms with Crippen LogP contribution in [0.15, 0.2) is 12.2 Å². The number of ether oxygens (including phenoxy) is 5. The van der Waals surface area contributed by atoms with Gasteiger partial charge in [-0.3, -0.25) is 9.59 Å². The number of cyclic esters (lactones) is 1. The number of rotatable bonds is 4. The molecule has 3 heterocycles. The monoisotopic (exact) mass is 640 g/mol. The molecule has 2 N–H and O–H groups in total. The lowest BCUT2D eigenvalue weighted by atomic mass is 9.78. The zero-order chi connectivity index (χ0) is 33.9. The Morgan fingerprint density at radius 3 is 2.36 bits per heavy atom. The molecule has 260 valence electrons. The number of nitrogens with zero attached hydrogens (tertiary/aromatic N) is 2. The van der Waals surface area contributed by atoms with Gasteiger partial charge in [-0.15, -0.1) is 0 Å². The molecule has 1 unspecified atom stereocenters. The molecule has 11 heteroatoms. The Morgan fingerprint density at radius 1 is 1.09 bits per heavy atom. The van der Waals surface area contributed by atoms with Crippen LogP contribution in [0.5, 0.6) is 0 Å². The predicted molar refractivity (Wildman–Crippen MR) is 171 cm³/mol. The maximum atomic E-state index is 14.1. The van der Waals surface area contributed by atoms with Crippen molar-refractivity contribution in [2.24, 2.45) is 17.8 Å². The van der Waals surface area contributed by atoms with Crippen LogP contribution >= 0.6 is 0 Å². The van der Waals surface area contributed by atoms with E-state index in [4.69, 9.17) is 23.7 Å². The minimum atomic E-state index is -1.55. The molecule has 3 rings (SSSR count). The highest BCUT2D eigenvalue weighted by Gasteiger charge is 2.51. The number of carbonyl (C=O) groups excluding carboxylic acids is 2. The van der Waals surface area contributed by atoms with E-state index < -0.39 is 59.7 Å². The summed E-state index contributed by atoms with van der Waals surface area (Å²) in [6.45, 7) is 15.8. The lowest BCUT2D eigenvalue weighted by molar-refractivity contribution is -0.297. The summed E-state index contributed by atoms with van der Waals surface area (Å²) in [5, 5.41) is 23.3. The summed E-state index contributed by atoms with van der Waals surface area (Å²) in [4.78, 5) is 31.8. The quantitative estimate of drug-likeness (QED) is 0.268. The van der Waals surface area contributed by atoms with Gasteiger partial charge in [0.15, 0.2) is 12.1 Å². The van der Waals surface area contributed by atoms with E-state index >= 15 is 0 Å². The van der Waals surface area contributed by atoms with Gasteiger partial charge in [-0.2, -0.15) is 0 Å². The fourth-order valence-electron chi connectivity index (χ4n) is 7.52. The second kappa shape index (κ2) is 15.6. The highest BCUT2D eigenvalue weighted by Crippen LogP contribution is 2.38. The van der Waals surface area contributed by atoms with E-state index in [1.807, 2.05) is 65.9 Å². The fourth-order valence-corrected chi connectivity index (χ4v) is 7.52. The summed E-state index contributed by atoms with van der Waals surface area (Å²) in [6.07, 6.45) is 0.514. The topological polar surface area (TPSA) is 127 Å². The predicted octanol–water partition coefficient (Wildman–Crippen LogP) is 2.80. The molecular weight excluding hydrogens is 580 g/mol. The Morgan fingerprint density at radius 2 is 1.73 bits per heavy atom. The zero-order valence-corrected chi connectivity index (χ0v) is 29.4. The van der Waals surface area contributed by atoms with Crippen LogP contribution in [0.2, 0.25) is 0 Å². The number of hydrogen-bond donors (Lipinski definition) is 2. The van der Waals surface area contributed by atoms with Crippen LogP contribution in [0.25, 0.3) is 0 Å². The summed E-state index contributed by atoms with van der Waals surface area (Å²) in [5.74, 6) is -3.00. The van der Waals surface area contributed by atoms with Crippen molar-refractivity contribution in [1.29, 1.82) is 0 Å². The van der Waals surface area contributed by atoms with Crippen LogP contribution in [-0.4, -0.2) is 133 Å². The van der Waals surface area contributed by atoms with Gasteiger partial charge in [0, 0.05) is 24.5 Å². The number of carbonyl (C=O) groups is 2. The largest absolute Gasteiger partial charge is 0.459 e. The first-order valence-electron chi connectivity index (χ1n) is 16.7. The van der Waals surface area contributed by atoms with E-state index in [1.54, 1.807) is 13.8 Å². The Balaban J connectivity index is 2.17. The first kappa shape index (κ1) is 38.0. The fraction of sp³-hybridized carbons (Fsp3) is 0.882. The van der Waals surface area contributed by atoms with Crippen molar-refractivity contribution in [3.8, 4) is 0 Å². The summed E-state index contributed by atoms with van der Waals surface area (Å²) in [6, 6.07) is -0.458. The van der Waals surface area contributed by atoms with Crippen LogP contribution in [0.3, 0.4) is 0 Å². The molecule has 0 amide bonds. The van der Waals surface area contributed by atoms with Gasteiger partial charge in [-0.05, 0) is 80.9 Å². The smallest absolute Gasteiger partial charge is 0.316 e. The maximum absolute atomic E-state index is 14.1. The molecule has 3 aliphatic rings. The van der Waals surface area contributed by atoms with E-state index in [2.05, 4.69) is 11.8 Å². The number of ketones is 1. The Labute approximate surface area is 270 Å². The molecule has 0 aromatic heterocycles. The second-order valence-corrected chi connectivity index (χ2v) is 14.4. The minimum absolute atomic E-state index is 0.0548. The van der Waals surface area contributed by atoms with Gasteiger partial charge in [-0.25, -0.2) is 0 Å². The molecule has 0 spiro atoms. The van der Waals surface area contributed by atoms with Crippen LogP contribution in [0.1, 0.15) is 74.7 Å². The third kappa shape index (κ3) is 8.73. The van der Waals surface area contributed by atoms with E-state index in [1.165, 1.54) is 6.92 Å². The minimum Gasteiger partial charge on any atom is -0.459 e. The maximum Gasteiger partial charge on any atom is 0.316 e. The first-order valence-corrected chi connectivity index (χ1v) is 16.7. The number of likely N-dealkylation sites (N-methyl/N-ethyl adjacent to an activating group) is 2. The number of Topliss-reactive ketones (excluding diaryl/α,β-unsaturated/α-hetero) is 1. The van der Waals surface area contributed by atoms with E-state index in [0.29, 0.717) is 25.8 Å². The number of aliphatic hydroxyl groups is 2. The van der Waals surface area contributed by atoms with Crippen LogP contribution < -0.4 is 0 Å². The van der Waals surface area contributed by atoms with Crippen molar-refractivity contribution in [3.05, 3.63) is 12.2 Å². The van der Waals surface area contributed by atoms with Crippen molar-refractivity contribution >= 4 is 11.8 Å². The van der Waals surface area contributed by atoms with E-state index in [9.17, 15) is 19.8 Å². The van der Waals surface area contributed by atoms with E-state index in [0.717, 1.165) is 0 Å². The summed E-state index contributed by atoms with van der Waals surface area (Å²) >= 11 is 0. The molecule has 0 aromatic rings. The lowest BCUT2D eigenvalue weighted by Crippen LogP contribution is -2.60. The standard InChI is InChI=1S/C34H60N2O9/c1-12-26-34(8,40)30-24(6)36(11)19-20(2)18-33(7,42-16-14-13-15-41-30)29(22(4)27(37)23(5)31(39)44-26)45-32-28(38)25(35(9)10)17-21(3)43-32/h13-14,20-26,28-30,32,38,40H,12,15-19H2,1-11H3/b14-13-/t20-,21-,22+,23?,24-,25+,26-,28-,29-,30-,32+,33-,34-/m1/s1. The molecule has 13 atom stereocenters. The van der Waals surface area contributed by atoms with Gasteiger partial charge in [0.2, 0.25) is 0 Å². The van der Waals surface area contributed by atoms with Gasteiger partial charge < -0.3 is 43.7 Å². The zero-order valence-electron chi connectivity index (χ0n) is 29.4. The summed E-state index contributed by atoms with van der Waals surface area (Å²) in [5.41, 5.74) is -2.56. The van der Waals surface area contributed by atoms with Gasteiger partial charge >= 0.3 is 5.97 Å². The van der Waals surface area contributed by atoms with Crippen molar-refractivity contribution in [1.82, 2.24) is 9.80 Å². The van der Waals surface area contributed by atoms with Crippen LogP contribution in [-0.2, 0) is 33.3 Å². The van der Waals surface area contributed by atoms with Crippen molar-refractivity contribution in [2.75, 3.05) is 40.9 Å². The molecule has 0 aliphatic carbocycles. The van der Waals surface area contributed by atoms with Gasteiger partial charge in [0.05, 0.1) is 31.0 Å². The molecule has 0 saturated carbocycles. The van der Waals surface area contributed by atoms with Crippen molar-refractivity contribution in [2.45, 2.75) is 135 Å². The molecule has 45 heavy (non-hydrogen) atoms. The van der Waals surface area contributed by atoms with Crippen molar-refractivity contribution < 1.29 is 43.5 Å². The number of hydrogen-bond acceptors (Lipinski definition) is 11. The Hall–Kier alpha value is -1.44. The van der Waals surface area contributed by atoms with Crippen molar-refractivity contribution in [3.63, 3.8) is 0 Å². The molecule has 2 saturated heterocycles. The highest BCUT2D eigenvalue weighted by atomic mass is 16.7. The molecule has 11 nitrogen and oxygen atoms in total. The van der Waals surface area contributed by atoms with Gasteiger partial charge in [-0.1, -0.05) is 32.9 Å². The molecule has 0 aromatic carbocycles. The van der Waals surface area contributed by atoms with Crippen LogP contribution in [0.4, 0.5) is 0 Å². The van der Waals surface area contributed by atoms with Gasteiger partial charge in [0.1, 0.15) is 29.8 Å². The summed E-state index contributed by atoms with van der Waals surface area (Å²) < 4.78 is 31.7. The number of esters is 1. The third-order valence-corrected chi connectivity index (χ3v) is 10.2. The number of aliphatic hydroxyl groups excluding tert-OH is 1. The van der Waals surface area contributed by atoms with Crippen LogP contribution in [0, 0.1) is 17.8 Å². The van der Waals surface area contributed by atoms with E-state index in [-0.39, 0.29) is 43.1 Å². The third-order valence-electron chi connectivity index (χ3n) is 10.2. The normalized spacial score (nSPS) is 45.9. The van der Waals surface area contributed by atoms with Gasteiger partial charge in [0.25, 0.3) is 0 Å². The molecule has 0 radical (unpaired) electrons. The highest BCUT2D eigenvalue weighted by molar-refractivity contribution is 6.00. The second-order valence-electron chi connectivity index (χ2n) is 14.4. The number of fused-ring (bicyclic) bond motifs is 6. The molecular formula is C34H60N2O9. The SMILES string of the molecule is CC[C@H]1OC(=O)C(C)C(=O)[C@H](C)[C@@H](O[C@@H]2O[C@H](C)C[C@H](N(C)C)[C@H]2O)[C@@]2(C)C[C@@H](C)CN(C)[C@H](C)[C@@H](OC/C=C\CO2)[C@]1(C)O. The summed E-state index contributed by atoms with van der Waals surface area (Å²) in [7, 11) is 5.81. The average Bonchev–Trinajstić information content (AvgIpc) is 2.97. The lowest BCUT2D eigenvalue weighted by Gasteiger charge is -2.47. The molecule has 3 aliphatic heterocycles. The average molecular weight is 641 g/mol. The Kier molecular flexibility index (Phi) is 13.2. The Bertz CT molecular complexity index is 1020. The molecule has 2 fully saturated rings. The molecule has 2 bridgehead atoms.